The Bertz CT molecular complexity index is 1280. The molecule has 2 aliphatic rings. The van der Waals surface area contributed by atoms with Crippen LogP contribution in [-0.2, 0) is 23.5 Å². The Morgan fingerprint density at radius 3 is 2.64 bits per heavy atom. The van der Waals surface area contributed by atoms with Crippen LogP contribution in [-0.4, -0.2) is 61.4 Å². The van der Waals surface area contributed by atoms with Crippen LogP contribution in [0.15, 0.2) is 42.6 Å². The van der Waals surface area contributed by atoms with Crippen LogP contribution in [0.2, 0.25) is 5.28 Å². The van der Waals surface area contributed by atoms with Gasteiger partial charge in [0.15, 0.2) is 12.0 Å². The molecular formula is C23H28ClN4O7P. The van der Waals surface area contributed by atoms with Crippen LogP contribution >= 0.6 is 19.2 Å². The van der Waals surface area contributed by atoms with E-state index in [-0.39, 0.29) is 17.9 Å². The average Bonchev–Trinajstić information content (AvgIpc) is 3.44. The van der Waals surface area contributed by atoms with Gasteiger partial charge in [-0.05, 0) is 44.0 Å². The van der Waals surface area contributed by atoms with Crippen molar-refractivity contribution in [2.45, 2.75) is 57.1 Å². The smallest absolute Gasteiger partial charge is 0.350 e. The predicted octanol–water partition coefficient (Wildman–Crippen LogP) is 3.83. The number of fused-ring (bicyclic) bond motifs is 2. The molecule has 13 heteroatoms. The quantitative estimate of drug-likeness (QED) is 0.286. The summed E-state index contributed by atoms with van der Waals surface area (Å²) in [6, 6.07) is 11.8. The second-order valence-electron chi connectivity index (χ2n) is 9.37. The third kappa shape index (κ3) is 5.29. The molecule has 36 heavy (non-hydrogen) atoms. The number of anilines is 1. The molecule has 0 amide bonds. The Balaban J connectivity index is 1.43. The summed E-state index contributed by atoms with van der Waals surface area (Å²) in [6.45, 7) is 5.57. The highest BCUT2D eigenvalue weighted by molar-refractivity contribution is 7.51. The highest BCUT2D eigenvalue weighted by Gasteiger charge is 2.56. The molecule has 5 rings (SSSR count). The van der Waals surface area contributed by atoms with Crippen LogP contribution in [0.4, 0.5) is 5.82 Å². The van der Waals surface area contributed by atoms with Gasteiger partial charge in [0, 0.05) is 12.2 Å². The van der Waals surface area contributed by atoms with Gasteiger partial charge in [0.2, 0.25) is 5.28 Å². The second kappa shape index (κ2) is 9.66. The molecular weight excluding hydrogens is 511 g/mol. The van der Waals surface area contributed by atoms with Gasteiger partial charge in [-0.2, -0.15) is 4.98 Å². The lowest BCUT2D eigenvalue weighted by Crippen LogP contribution is -2.33. The van der Waals surface area contributed by atoms with E-state index in [1.807, 2.05) is 54.1 Å². The van der Waals surface area contributed by atoms with Crippen molar-refractivity contribution in [3.05, 3.63) is 53.4 Å². The van der Waals surface area contributed by atoms with Crippen molar-refractivity contribution in [3.8, 4) is 0 Å². The van der Waals surface area contributed by atoms with Crippen molar-refractivity contribution in [1.82, 2.24) is 14.5 Å². The van der Waals surface area contributed by atoms with Gasteiger partial charge in [0.1, 0.15) is 36.1 Å². The first-order valence-electron chi connectivity index (χ1n) is 11.5. The van der Waals surface area contributed by atoms with E-state index in [1.165, 1.54) is 0 Å². The molecule has 5 atom stereocenters. The topological polar surface area (TPSA) is 137 Å². The van der Waals surface area contributed by atoms with Crippen LogP contribution in [0, 0.1) is 0 Å². The fourth-order valence-corrected chi connectivity index (χ4v) is 5.17. The third-order valence-electron chi connectivity index (χ3n) is 6.14. The van der Waals surface area contributed by atoms with Gasteiger partial charge in [-0.3, -0.25) is 4.57 Å². The molecule has 2 saturated heterocycles. The minimum atomic E-state index is -4.31. The Kier molecular flexibility index (Phi) is 6.86. The first-order valence-corrected chi connectivity index (χ1v) is 13.7. The van der Waals surface area contributed by atoms with Gasteiger partial charge in [0.05, 0.1) is 12.0 Å². The summed E-state index contributed by atoms with van der Waals surface area (Å²) < 4.78 is 36.7. The number of aromatic nitrogens is 3. The maximum Gasteiger partial charge on any atom is 0.350 e. The van der Waals surface area contributed by atoms with Crippen molar-refractivity contribution in [2.24, 2.45) is 0 Å². The van der Waals surface area contributed by atoms with E-state index in [9.17, 15) is 4.57 Å². The fourth-order valence-electron chi connectivity index (χ4n) is 4.66. The summed E-state index contributed by atoms with van der Waals surface area (Å²) in [5, 5.41) is 4.24. The van der Waals surface area contributed by atoms with E-state index >= 15 is 0 Å². The monoisotopic (exact) mass is 538 g/mol. The highest BCUT2D eigenvalue weighted by atomic mass is 35.5. The summed E-state index contributed by atoms with van der Waals surface area (Å²) in [6.07, 6.45) is -1.14. The molecule has 3 aromatic rings. The first-order chi connectivity index (χ1) is 17.0. The van der Waals surface area contributed by atoms with E-state index in [2.05, 4.69) is 15.3 Å². The number of hydrogen-bond donors (Lipinski definition) is 3. The lowest BCUT2D eigenvalue weighted by molar-refractivity contribution is -0.201. The zero-order chi connectivity index (χ0) is 25.7. The Morgan fingerprint density at radius 1 is 1.19 bits per heavy atom. The first kappa shape index (κ1) is 25.6. The summed E-state index contributed by atoms with van der Waals surface area (Å²) in [5.41, 5.74) is 1.64. The van der Waals surface area contributed by atoms with Crippen molar-refractivity contribution >= 4 is 36.0 Å². The van der Waals surface area contributed by atoms with Gasteiger partial charge in [-0.15, -0.1) is 0 Å². The minimum Gasteiger partial charge on any atom is -0.366 e. The van der Waals surface area contributed by atoms with Crippen molar-refractivity contribution in [2.75, 3.05) is 18.3 Å². The average molecular weight is 539 g/mol. The van der Waals surface area contributed by atoms with Crippen LogP contribution in [0.1, 0.15) is 38.6 Å². The molecule has 0 saturated carbocycles. The largest absolute Gasteiger partial charge is 0.366 e. The van der Waals surface area contributed by atoms with Gasteiger partial charge in [0.25, 0.3) is 0 Å². The second-order valence-corrected chi connectivity index (χ2v) is 11.3. The third-order valence-corrected chi connectivity index (χ3v) is 6.83. The number of hydrogen-bond acceptors (Lipinski definition) is 8. The fraction of sp³-hybridized carbons (Fsp3) is 0.478. The molecule has 0 radical (unpaired) electrons. The molecule has 11 nitrogen and oxygen atoms in total. The Morgan fingerprint density at radius 2 is 1.92 bits per heavy atom. The lowest BCUT2D eigenvalue weighted by Gasteiger charge is -2.25. The van der Waals surface area contributed by atoms with E-state index in [1.54, 1.807) is 13.8 Å². The number of benzene rings is 1. The SMILES string of the molecule is C[C@@H](Nc1nc(Cl)nc2c1ccn2[C@@H]1OC(COCP(=O)(O)O)[C@H]2OC(C)(C)O[C@H]21)c1ccccc1. The van der Waals surface area contributed by atoms with Gasteiger partial charge in [-0.1, -0.05) is 30.3 Å². The van der Waals surface area contributed by atoms with Gasteiger partial charge in [-0.25, -0.2) is 4.98 Å². The van der Waals surface area contributed by atoms with E-state index in [0.717, 1.165) is 10.9 Å². The summed E-state index contributed by atoms with van der Waals surface area (Å²) in [7, 11) is -4.31. The Hall–Kier alpha value is -2.08. The van der Waals surface area contributed by atoms with Gasteiger partial charge < -0.3 is 38.6 Å². The molecule has 1 aromatic carbocycles. The van der Waals surface area contributed by atoms with Gasteiger partial charge >= 0.3 is 7.60 Å². The molecule has 0 aliphatic carbocycles. The van der Waals surface area contributed by atoms with Crippen LogP contribution in [0.5, 0.6) is 0 Å². The summed E-state index contributed by atoms with van der Waals surface area (Å²) in [5.74, 6) is -0.285. The maximum absolute atomic E-state index is 11.2. The minimum absolute atomic E-state index is 0.0289. The van der Waals surface area contributed by atoms with Crippen LogP contribution in [0.3, 0.4) is 0 Å². The Labute approximate surface area is 212 Å². The zero-order valence-corrected chi connectivity index (χ0v) is 21.6. The summed E-state index contributed by atoms with van der Waals surface area (Å²) >= 11 is 6.32. The van der Waals surface area contributed by atoms with E-state index < -0.39 is 44.3 Å². The molecule has 4 heterocycles. The molecule has 194 valence electrons. The molecule has 0 bridgehead atoms. The standard InChI is InChI=1S/C23H28ClN4O7P/c1-13(14-7-5-4-6-8-14)25-19-15-9-10-28(20(15)27-22(24)26-19)21-18-17(34-23(2,3)35-18)16(33-21)11-32-12-36(29,30)31/h4-10,13,16-18,21H,11-12H2,1-3H3,(H,25,26,27)(H2,29,30,31)/t13-,16?,17-,18-,21-/m1/s1. The highest BCUT2D eigenvalue weighted by Crippen LogP contribution is 2.45. The molecule has 3 N–H and O–H groups in total. The number of nitrogens with one attached hydrogen (secondary N) is 1. The van der Waals surface area contributed by atoms with Crippen molar-refractivity contribution < 1.29 is 33.3 Å². The number of halogens is 1. The van der Waals surface area contributed by atoms with E-state index in [4.69, 9.17) is 40.3 Å². The molecule has 2 fully saturated rings. The number of nitrogens with zero attached hydrogens (tertiary/aromatic N) is 3. The zero-order valence-electron chi connectivity index (χ0n) is 19.9. The van der Waals surface area contributed by atoms with Crippen LogP contribution < -0.4 is 5.32 Å². The molecule has 2 aromatic heterocycles. The summed E-state index contributed by atoms with van der Waals surface area (Å²) in [4.78, 5) is 27.1. The maximum atomic E-state index is 11.2. The normalized spacial score (nSPS) is 26.3. The molecule has 1 unspecified atom stereocenters. The molecule has 2 aliphatic heterocycles. The lowest BCUT2D eigenvalue weighted by atomic mass is 10.1. The molecule has 0 spiro atoms. The number of ether oxygens (including phenoxy) is 4. The van der Waals surface area contributed by atoms with Crippen molar-refractivity contribution in [1.29, 1.82) is 0 Å². The van der Waals surface area contributed by atoms with E-state index in [0.29, 0.717) is 11.5 Å². The number of rotatable bonds is 8. The van der Waals surface area contributed by atoms with Crippen molar-refractivity contribution in [3.63, 3.8) is 0 Å². The van der Waals surface area contributed by atoms with Crippen LogP contribution in [0.25, 0.3) is 11.0 Å². The predicted molar refractivity (Wildman–Crippen MR) is 132 cm³/mol.